The Kier molecular flexibility index (Phi) is 4.56. The molecule has 2 aromatic carbocycles. The van der Waals surface area contributed by atoms with E-state index in [1.54, 1.807) is 6.33 Å². The van der Waals surface area contributed by atoms with Crippen molar-refractivity contribution < 1.29 is 0 Å². The van der Waals surface area contributed by atoms with Gasteiger partial charge in [-0.3, -0.25) is 4.68 Å². The number of nitrogens with zero attached hydrogens (tertiary/aromatic N) is 5. The molecule has 0 aliphatic carbocycles. The largest absolute Gasteiger partial charge is 0.340 e. The number of hydrogen-bond acceptors (Lipinski definition) is 5. The number of aromatic nitrogens is 4. The van der Waals surface area contributed by atoms with Gasteiger partial charge in [0, 0.05) is 36.3 Å². The molecule has 4 rings (SSSR count). The molecule has 0 spiro atoms. The van der Waals surface area contributed by atoms with Gasteiger partial charge in [0.25, 0.3) is 0 Å². The monoisotopic (exact) mass is 358 g/mol. The molecule has 0 aliphatic heterocycles. The van der Waals surface area contributed by atoms with Crippen LogP contribution in [0.15, 0.2) is 61.1 Å². The Bertz CT molecular complexity index is 1070. The van der Waals surface area contributed by atoms with E-state index in [1.165, 1.54) is 5.56 Å². The van der Waals surface area contributed by atoms with Gasteiger partial charge in [0.1, 0.15) is 12.1 Å². The summed E-state index contributed by atoms with van der Waals surface area (Å²) in [6.45, 7) is 0.924. The molecule has 2 aromatic heterocycles. The second-order valence-corrected chi connectivity index (χ2v) is 6.89. The van der Waals surface area contributed by atoms with Gasteiger partial charge < -0.3 is 10.2 Å². The van der Waals surface area contributed by atoms with E-state index >= 15 is 0 Å². The van der Waals surface area contributed by atoms with Crippen LogP contribution in [0.2, 0.25) is 0 Å². The first-order valence-corrected chi connectivity index (χ1v) is 8.83. The van der Waals surface area contributed by atoms with Crippen molar-refractivity contribution in [3.8, 4) is 11.3 Å². The molecule has 0 saturated carbocycles. The summed E-state index contributed by atoms with van der Waals surface area (Å²) in [5.41, 5.74) is 5.32. The van der Waals surface area contributed by atoms with Gasteiger partial charge in [-0.05, 0) is 37.9 Å². The van der Waals surface area contributed by atoms with Gasteiger partial charge in [-0.2, -0.15) is 5.10 Å². The van der Waals surface area contributed by atoms with E-state index in [2.05, 4.69) is 75.8 Å². The summed E-state index contributed by atoms with van der Waals surface area (Å²) in [5.74, 6) is 0.764. The Labute approximate surface area is 158 Å². The number of nitrogens with one attached hydrogen (secondary N) is 1. The highest BCUT2D eigenvalue weighted by atomic mass is 15.2. The Hall–Kier alpha value is -3.25. The molecule has 27 heavy (non-hydrogen) atoms. The minimum Gasteiger partial charge on any atom is -0.340 e. The van der Waals surface area contributed by atoms with E-state index in [-0.39, 0.29) is 0 Å². The quantitative estimate of drug-likeness (QED) is 0.587. The predicted molar refractivity (Wildman–Crippen MR) is 109 cm³/mol. The summed E-state index contributed by atoms with van der Waals surface area (Å²) in [5, 5.41) is 8.73. The third-order valence-corrected chi connectivity index (χ3v) is 4.43. The van der Waals surface area contributed by atoms with E-state index in [1.807, 2.05) is 30.1 Å². The fraction of sp³-hybridized carbons (Fsp3) is 0.190. The van der Waals surface area contributed by atoms with Gasteiger partial charge >= 0.3 is 0 Å². The second kappa shape index (κ2) is 7.17. The average molecular weight is 358 g/mol. The third kappa shape index (κ3) is 3.80. The van der Waals surface area contributed by atoms with Crippen molar-refractivity contribution >= 4 is 22.4 Å². The molecule has 0 atom stereocenters. The number of fused-ring (bicyclic) bond motifs is 1. The fourth-order valence-electron chi connectivity index (χ4n) is 3.12. The molecule has 0 fully saturated rings. The van der Waals surface area contributed by atoms with Gasteiger partial charge in [0.05, 0.1) is 17.4 Å². The standard InChI is InChI=1S/C21H22N6/c1-26(2)13-15-4-6-16(7-5-15)19-11-21(23-14-22-19)25-18-8-9-20-17(10-18)12-24-27(20)3/h4-12,14H,13H2,1-3H3,(H,22,23,25). The van der Waals surface area contributed by atoms with Crippen molar-refractivity contribution in [2.75, 3.05) is 19.4 Å². The van der Waals surface area contributed by atoms with Crippen LogP contribution in [0.5, 0.6) is 0 Å². The van der Waals surface area contributed by atoms with Crippen molar-refractivity contribution in [3.05, 3.63) is 66.6 Å². The van der Waals surface area contributed by atoms with Crippen LogP contribution in [0, 0.1) is 0 Å². The number of hydrogen-bond donors (Lipinski definition) is 1. The summed E-state index contributed by atoms with van der Waals surface area (Å²) in [6, 6.07) is 16.6. The summed E-state index contributed by atoms with van der Waals surface area (Å²) in [6.07, 6.45) is 3.45. The molecule has 0 saturated heterocycles. The van der Waals surface area contributed by atoms with Crippen LogP contribution in [-0.4, -0.2) is 38.7 Å². The summed E-state index contributed by atoms with van der Waals surface area (Å²) in [7, 11) is 6.08. The van der Waals surface area contributed by atoms with E-state index in [4.69, 9.17) is 0 Å². The number of rotatable bonds is 5. The molecule has 0 bridgehead atoms. The van der Waals surface area contributed by atoms with Crippen LogP contribution in [-0.2, 0) is 13.6 Å². The topological polar surface area (TPSA) is 58.9 Å². The van der Waals surface area contributed by atoms with Crippen LogP contribution in [0.25, 0.3) is 22.2 Å². The predicted octanol–water partition coefficient (Wildman–Crippen LogP) is 3.84. The Balaban J connectivity index is 1.56. The Morgan fingerprint density at radius 1 is 1.00 bits per heavy atom. The average Bonchev–Trinajstić information content (AvgIpc) is 3.02. The maximum Gasteiger partial charge on any atom is 0.134 e. The molecule has 0 radical (unpaired) electrons. The van der Waals surface area contributed by atoms with Crippen LogP contribution in [0.3, 0.4) is 0 Å². The second-order valence-electron chi connectivity index (χ2n) is 6.89. The normalized spacial score (nSPS) is 11.3. The van der Waals surface area contributed by atoms with Gasteiger partial charge in [-0.15, -0.1) is 0 Å². The third-order valence-electron chi connectivity index (χ3n) is 4.43. The molecular weight excluding hydrogens is 336 g/mol. The summed E-state index contributed by atoms with van der Waals surface area (Å²) >= 11 is 0. The first kappa shape index (κ1) is 17.2. The van der Waals surface area contributed by atoms with Crippen LogP contribution >= 0.6 is 0 Å². The van der Waals surface area contributed by atoms with Crippen LogP contribution < -0.4 is 5.32 Å². The maximum atomic E-state index is 4.42. The highest BCUT2D eigenvalue weighted by molar-refractivity contribution is 5.83. The Morgan fingerprint density at radius 3 is 2.59 bits per heavy atom. The Morgan fingerprint density at radius 2 is 1.81 bits per heavy atom. The number of anilines is 2. The molecule has 0 aliphatic rings. The van der Waals surface area contributed by atoms with Gasteiger partial charge in [-0.1, -0.05) is 24.3 Å². The maximum absolute atomic E-state index is 4.42. The SMILES string of the molecule is CN(C)Cc1ccc(-c2cc(Nc3ccc4c(cnn4C)c3)ncn2)cc1. The molecule has 6 nitrogen and oxygen atoms in total. The van der Waals surface area contributed by atoms with E-state index in [0.29, 0.717) is 0 Å². The smallest absolute Gasteiger partial charge is 0.134 e. The summed E-state index contributed by atoms with van der Waals surface area (Å²) in [4.78, 5) is 10.9. The summed E-state index contributed by atoms with van der Waals surface area (Å²) < 4.78 is 1.86. The molecular formula is C21H22N6. The van der Waals surface area contributed by atoms with Crippen LogP contribution in [0.1, 0.15) is 5.56 Å². The van der Waals surface area contributed by atoms with Crippen molar-refractivity contribution in [3.63, 3.8) is 0 Å². The lowest BCUT2D eigenvalue weighted by atomic mass is 10.1. The van der Waals surface area contributed by atoms with Crippen molar-refractivity contribution in [1.29, 1.82) is 0 Å². The highest BCUT2D eigenvalue weighted by Crippen LogP contribution is 2.24. The van der Waals surface area contributed by atoms with Gasteiger partial charge in [0.2, 0.25) is 0 Å². The van der Waals surface area contributed by atoms with Gasteiger partial charge in [-0.25, -0.2) is 9.97 Å². The zero-order chi connectivity index (χ0) is 18.8. The molecule has 136 valence electrons. The minimum absolute atomic E-state index is 0.764. The van der Waals surface area contributed by atoms with E-state index < -0.39 is 0 Å². The zero-order valence-electron chi connectivity index (χ0n) is 15.7. The van der Waals surface area contributed by atoms with Crippen molar-refractivity contribution in [1.82, 2.24) is 24.6 Å². The fourth-order valence-corrected chi connectivity index (χ4v) is 3.12. The first-order chi connectivity index (χ1) is 13.1. The molecule has 2 heterocycles. The van der Waals surface area contributed by atoms with Crippen LogP contribution in [0.4, 0.5) is 11.5 Å². The van der Waals surface area contributed by atoms with Crippen molar-refractivity contribution in [2.45, 2.75) is 6.54 Å². The molecule has 0 amide bonds. The number of aryl methyl sites for hydroxylation is 1. The lowest BCUT2D eigenvalue weighted by molar-refractivity contribution is 0.402. The molecule has 4 aromatic rings. The lowest BCUT2D eigenvalue weighted by Crippen LogP contribution is -2.10. The first-order valence-electron chi connectivity index (χ1n) is 8.83. The van der Waals surface area contributed by atoms with E-state index in [9.17, 15) is 0 Å². The number of benzene rings is 2. The molecule has 0 unspecified atom stereocenters. The molecule has 6 heteroatoms. The van der Waals surface area contributed by atoms with Gasteiger partial charge in [0.15, 0.2) is 0 Å². The zero-order valence-corrected chi connectivity index (χ0v) is 15.7. The highest BCUT2D eigenvalue weighted by Gasteiger charge is 2.05. The minimum atomic E-state index is 0.764. The van der Waals surface area contributed by atoms with E-state index in [0.717, 1.165) is 40.2 Å². The molecule has 1 N–H and O–H groups in total. The lowest BCUT2D eigenvalue weighted by Gasteiger charge is -2.10. The van der Waals surface area contributed by atoms with Crippen molar-refractivity contribution in [2.24, 2.45) is 7.05 Å².